The van der Waals surface area contributed by atoms with Crippen molar-refractivity contribution < 1.29 is 4.39 Å². The quantitative estimate of drug-likeness (QED) is 0.761. The maximum absolute atomic E-state index is 13.5. The minimum Gasteiger partial charge on any atom is -0.346 e. The number of halogens is 1. The summed E-state index contributed by atoms with van der Waals surface area (Å²) in [4.78, 5) is 6.23. The summed E-state index contributed by atoms with van der Waals surface area (Å²) in [6.07, 6.45) is 1.35. The van der Waals surface area contributed by atoms with Gasteiger partial charge in [-0.2, -0.15) is 4.98 Å². The fraction of sp³-hybridized carbons (Fsp3) is 0.500. The van der Waals surface area contributed by atoms with Crippen molar-refractivity contribution in [2.45, 2.75) is 26.2 Å². The van der Waals surface area contributed by atoms with Crippen LogP contribution < -0.4 is 4.90 Å². The van der Waals surface area contributed by atoms with Crippen molar-refractivity contribution in [3.05, 3.63) is 23.6 Å². The van der Waals surface area contributed by atoms with Gasteiger partial charge in [0.1, 0.15) is 5.82 Å². The zero-order valence-corrected chi connectivity index (χ0v) is 10.8. The Morgan fingerprint density at radius 1 is 1.29 bits per heavy atom. The molecular formula is C12H17FN4. The summed E-state index contributed by atoms with van der Waals surface area (Å²) in [6.45, 7) is 6.10. The summed E-state index contributed by atoms with van der Waals surface area (Å²) in [5.41, 5.74) is 1.40. The van der Waals surface area contributed by atoms with Crippen LogP contribution in [0.5, 0.6) is 0 Å². The Labute approximate surface area is 100 Å². The molecule has 17 heavy (non-hydrogen) atoms. The highest BCUT2D eigenvalue weighted by Crippen LogP contribution is 2.27. The van der Waals surface area contributed by atoms with Crippen molar-refractivity contribution in [2.75, 3.05) is 19.0 Å². The predicted octanol–water partition coefficient (Wildman–Crippen LogP) is 2.23. The Hall–Kier alpha value is -1.65. The summed E-state index contributed by atoms with van der Waals surface area (Å²) in [5, 5.41) is 4.24. The maximum Gasteiger partial charge on any atom is 0.245 e. The zero-order chi connectivity index (χ0) is 12.8. The third kappa shape index (κ3) is 2.09. The molecule has 92 valence electrons. The van der Waals surface area contributed by atoms with Gasteiger partial charge in [0.2, 0.25) is 5.95 Å². The molecule has 0 saturated carbocycles. The van der Waals surface area contributed by atoms with E-state index in [1.165, 1.54) is 16.8 Å². The number of fused-ring (bicyclic) bond motifs is 1. The predicted molar refractivity (Wildman–Crippen MR) is 66.0 cm³/mol. The summed E-state index contributed by atoms with van der Waals surface area (Å²) in [5.74, 6) is 0.290. The molecule has 0 aliphatic rings. The molecule has 2 aromatic rings. The van der Waals surface area contributed by atoms with Crippen molar-refractivity contribution in [2.24, 2.45) is 0 Å². The van der Waals surface area contributed by atoms with Gasteiger partial charge in [0, 0.05) is 19.7 Å². The molecule has 4 nitrogen and oxygen atoms in total. The lowest BCUT2D eigenvalue weighted by atomic mass is 9.88. The van der Waals surface area contributed by atoms with E-state index < -0.39 is 0 Å². The Morgan fingerprint density at radius 2 is 1.94 bits per heavy atom. The van der Waals surface area contributed by atoms with Gasteiger partial charge in [0.15, 0.2) is 5.65 Å². The first-order valence-corrected chi connectivity index (χ1v) is 5.53. The van der Waals surface area contributed by atoms with Gasteiger partial charge < -0.3 is 4.90 Å². The van der Waals surface area contributed by atoms with Crippen LogP contribution in [0.3, 0.4) is 0 Å². The molecule has 2 heterocycles. The van der Waals surface area contributed by atoms with Crippen LogP contribution in [-0.4, -0.2) is 28.7 Å². The van der Waals surface area contributed by atoms with Gasteiger partial charge in [-0.15, -0.1) is 5.10 Å². The van der Waals surface area contributed by atoms with Gasteiger partial charge in [0.25, 0.3) is 0 Å². The molecule has 0 spiro atoms. The summed E-state index contributed by atoms with van der Waals surface area (Å²) in [7, 11) is 3.73. The topological polar surface area (TPSA) is 33.4 Å². The molecule has 0 saturated heterocycles. The summed E-state index contributed by atoms with van der Waals surface area (Å²) in [6, 6.07) is 1.53. The number of hydrogen-bond donors (Lipinski definition) is 0. The molecule has 0 unspecified atom stereocenters. The van der Waals surface area contributed by atoms with E-state index in [1.807, 2.05) is 34.9 Å². The standard InChI is InChI=1S/C12H17FN4/c1-12(2,3)9-6-8(13)7-17-10(9)14-11(15-17)16(4)5/h6-7H,1-5H3. The number of nitrogens with zero attached hydrogens (tertiary/aromatic N) is 4. The first-order chi connectivity index (χ1) is 7.79. The lowest BCUT2D eigenvalue weighted by molar-refractivity contribution is 0.566. The highest BCUT2D eigenvalue weighted by atomic mass is 19.1. The summed E-state index contributed by atoms with van der Waals surface area (Å²) >= 11 is 0. The highest BCUT2D eigenvalue weighted by molar-refractivity contribution is 5.54. The first-order valence-electron chi connectivity index (χ1n) is 5.53. The second-order valence-corrected chi connectivity index (χ2v) is 5.40. The SMILES string of the molecule is CN(C)c1nc2c(C(C)(C)C)cc(F)cn2n1. The van der Waals surface area contributed by atoms with E-state index in [-0.39, 0.29) is 11.2 Å². The van der Waals surface area contributed by atoms with E-state index in [9.17, 15) is 4.39 Å². The third-order valence-corrected chi connectivity index (χ3v) is 2.60. The van der Waals surface area contributed by atoms with E-state index in [0.29, 0.717) is 11.6 Å². The van der Waals surface area contributed by atoms with Gasteiger partial charge in [-0.25, -0.2) is 8.91 Å². The van der Waals surface area contributed by atoms with Crippen LogP contribution in [-0.2, 0) is 5.41 Å². The van der Waals surface area contributed by atoms with E-state index in [0.717, 1.165) is 5.56 Å². The summed E-state index contributed by atoms with van der Waals surface area (Å²) < 4.78 is 15.0. The molecule has 2 rings (SSSR count). The Morgan fingerprint density at radius 3 is 2.47 bits per heavy atom. The van der Waals surface area contributed by atoms with Gasteiger partial charge >= 0.3 is 0 Å². The van der Waals surface area contributed by atoms with Gasteiger partial charge in [-0.3, -0.25) is 0 Å². The van der Waals surface area contributed by atoms with Crippen LogP contribution in [0.25, 0.3) is 5.65 Å². The average molecular weight is 236 g/mol. The van der Waals surface area contributed by atoms with Crippen LogP contribution in [0.4, 0.5) is 10.3 Å². The number of anilines is 1. The van der Waals surface area contributed by atoms with Crippen molar-refractivity contribution in [1.29, 1.82) is 0 Å². The lowest BCUT2D eigenvalue weighted by Crippen LogP contribution is -2.14. The first kappa shape index (κ1) is 11.8. The minimum absolute atomic E-state index is 0.167. The van der Waals surface area contributed by atoms with Crippen molar-refractivity contribution in [1.82, 2.24) is 14.6 Å². The fourth-order valence-electron chi connectivity index (χ4n) is 1.68. The van der Waals surface area contributed by atoms with E-state index in [1.54, 1.807) is 4.90 Å². The Kier molecular flexibility index (Phi) is 2.56. The van der Waals surface area contributed by atoms with E-state index >= 15 is 0 Å². The van der Waals surface area contributed by atoms with Crippen LogP contribution in [0.15, 0.2) is 12.3 Å². The molecule has 0 bridgehead atoms. The molecule has 0 aliphatic heterocycles. The molecule has 0 atom stereocenters. The molecular weight excluding hydrogens is 219 g/mol. The third-order valence-electron chi connectivity index (χ3n) is 2.60. The fourth-order valence-corrected chi connectivity index (χ4v) is 1.68. The van der Waals surface area contributed by atoms with Gasteiger partial charge in [0.05, 0.1) is 6.20 Å². The van der Waals surface area contributed by atoms with Crippen molar-refractivity contribution >= 4 is 11.6 Å². The van der Waals surface area contributed by atoms with Gasteiger partial charge in [-0.1, -0.05) is 20.8 Å². The monoisotopic (exact) mass is 236 g/mol. The van der Waals surface area contributed by atoms with Gasteiger partial charge in [-0.05, 0) is 11.5 Å². The van der Waals surface area contributed by atoms with Crippen molar-refractivity contribution in [3.8, 4) is 0 Å². The number of pyridine rings is 1. The second-order valence-electron chi connectivity index (χ2n) is 5.40. The molecule has 0 aromatic carbocycles. The molecule has 2 aromatic heterocycles. The highest BCUT2D eigenvalue weighted by Gasteiger charge is 2.21. The average Bonchev–Trinajstić information content (AvgIpc) is 2.58. The molecule has 0 fully saturated rings. The van der Waals surface area contributed by atoms with Crippen LogP contribution in [0.2, 0.25) is 0 Å². The number of aromatic nitrogens is 3. The molecule has 0 aliphatic carbocycles. The molecule has 0 radical (unpaired) electrons. The molecule has 5 heteroatoms. The van der Waals surface area contributed by atoms with Crippen LogP contribution in [0, 0.1) is 5.82 Å². The largest absolute Gasteiger partial charge is 0.346 e. The molecule has 0 amide bonds. The van der Waals surface area contributed by atoms with E-state index in [4.69, 9.17) is 0 Å². The normalized spacial score (nSPS) is 12.1. The Bertz CT molecular complexity index is 551. The van der Waals surface area contributed by atoms with Crippen LogP contribution >= 0.6 is 0 Å². The zero-order valence-electron chi connectivity index (χ0n) is 10.8. The van der Waals surface area contributed by atoms with E-state index in [2.05, 4.69) is 10.1 Å². The second kappa shape index (κ2) is 3.68. The van der Waals surface area contributed by atoms with Crippen molar-refractivity contribution in [3.63, 3.8) is 0 Å². The number of hydrogen-bond acceptors (Lipinski definition) is 3. The number of rotatable bonds is 1. The smallest absolute Gasteiger partial charge is 0.245 e. The molecule has 0 N–H and O–H groups in total. The Balaban J connectivity index is 2.75. The minimum atomic E-state index is -0.294. The maximum atomic E-state index is 13.5. The van der Waals surface area contributed by atoms with Crippen LogP contribution in [0.1, 0.15) is 26.3 Å². The lowest BCUT2D eigenvalue weighted by Gasteiger charge is -2.19.